The van der Waals surface area contributed by atoms with E-state index in [1.807, 2.05) is 20.8 Å². The van der Waals surface area contributed by atoms with E-state index >= 15 is 0 Å². The summed E-state index contributed by atoms with van der Waals surface area (Å²) in [7, 11) is 0. The minimum atomic E-state index is -0.422. The summed E-state index contributed by atoms with van der Waals surface area (Å²) >= 11 is 0. The van der Waals surface area contributed by atoms with Gasteiger partial charge >= 0.3 is 6.09 Å². The van der Waals surface area contributed by atoms with Gasteiger partial charge in [0, 0.05) is 25.7 Å². The van der Waals surface area contributed by atoms with Gasteiger partial charge in [0.15, 0.2) is 0 Å². The maximum atomic E-state index is 11.7. The molecular formula is C24H47N3O3. The number of morpholine rings is 1. The lowest BCUT2D eigenvalue weighted by Crippen LogP contribution is -2.41. The minimum absolute atomic E-state index is 0.300. The van der Waals surface area contributed by atoms with Crippen molar-refractivity contribution in [1.29, 1.82) is 0 Å². The Kier molecular flexibility index (Phi) is 12.1. The fraction of sp³-hybridized carbons (Fsp3) is 0.958. The number of amides is 1. The lowest BCUT2D eigenvalue weighted by molar-refractivity contribution is 0.0348. The molecule has 0 aromatic rings. The summed E-state index contributed by atoms with van der Waals surface area (Å²) in [6.07, 6.45) is 12.7. The molecule has 30 heavy (non-hydrogen) atoms. The number of unbranched alkanes of at least 4 members (excludes halogenated alkanes) is 3. The average molecular weight is 426 g/mol. The molecule has 1 saturated carbocycles. The highest BCUT2D eigenvalue weighted by molar-refractivity contribution is 5.67. The highest BCUT2D eigenvalue weighted by Crippen LogP contribution is 2.23. The highest BCUT2D eigenvalue weighted by atomic mass is 16.6. The number of ether oxygens (including phenoxy) is 2. The summed E-state index contributed by atoms with van der Waals surface area (Å²) in [5.74, 6) is 0. The Balaban J connectivity index is 1.58. The molecule has 2 aliphatic rings. The molecule has 6 nitrogen and oxygen atoms in total. The van der Waals surface area contributed by atoms with Crippen molar-refractivity contribution in [3.05, 3.63) is 0 Å². The van der Waals surface area contributed by atoms with Gasteiger partial charge in [0.05, 0.1) is 13.2 Å². The molecule has 2 rings (SSSR count). The Morgan fingerprint density at radius 3 is 2.37 bits per heavy atom. The number of rotatable bonds is 12. The SMILES string of the molecule is CC(C)(C)OC(=O)NCCCCCCN(CCCN1CCOCC1)C1CCCCC1. The molecule has 1 N–H and O–H groups in total. The number of hydrogen-bond acceptors (Lipinski definition) is 5. The molecule has 0 aromatic carbocycles. The molecule has 0 spiro atoms. The van der Waals surface area contributed by atoms with Gasteiger partial charge in [0.1, 0.15) is 5.60 Å². The van der Waals surface area contributed by atoms with Crippen molar-refractivity contribution in [2.45, 2.75) is 96.6 Å². The first-order valence-electron chi connectivity index (χ1n) is 12.4. The van der Waals surface area contributed by atoms with E-state index in [0.29, 0.717) is 6.54 Å². The summed E-state index contributed by atoms with van der Waals surface area (Å²) in [4.78, 5) is 17.0. The topological polar surface area (TPSA) is 54.0 Å². The molecule has 2 fully saturated rings. The smallest absolute Gasteiger partial charge is 0.407 e. The third-order valence-corrected chi connectivity index (χ3v) is 6.15. The van der Waals surface area contributed by atoms with Gasteiger partial charge in [-0.1, -0.05) is 32.1 Å². The van der Waals surface area contributed by atoms with E-state index < -0.39 is 5.60 Å². The standard InChI is InChI=1S/C24H47N3O3/c1-24(2,3)30-23(28)25-14-9-4-5-10-16-27(22-12-7-6-8-13-22)17-11-15-26-18-20-29-21-19-26/h22H,4-21H2,1-3H3,(H,25,28). The summed E-state index contributed by atoms with van der Waals surface area (Å²) < 4.78 is 10.7. The largest absolute Gasteiger partial charge is 0.444 e. The number of nitrogens with zero attached hydrogens (tertiary/aromatic N) is 2. The van der Waals surface area contributed by atoms with Crippen molar-refractivity contribution >= 4 is 6.09 Å². The van der Waals surface area contributed by atoms with Gasteiger partial charge in [0.25, 0.3) is 0 Å². The molecule has 0 radical (unpaired) electrons. The maximum absolute atomic E-state index is 11.7. The quantitative estimate of drug-likeness (QED) is 0.469. The second-order valence-corrected chi connectivity index (χ2v) is 9.98. The predicted octanol–water partition coefficient (Wildman–Crippen LogP) is 4.43. The van der Waals surface area contributed by atoms with Crippen LogP contribution in [0, 0.1) is 0 Å². The van der Waals surface area contributed by atoms with Crippen LogP contribution in [0.25, 0.3) is 0 Å². The number of hydrogen-bond donors (Lipinski definition) is 1. The van der Waals surface area contributed by atoms with Crippen LogP contribution in [-0.2, 0) is 9.47 Å². The van der Waals surface area contributed by atoms with E-state index in [1.54, 1.807) is 0 Å². The third-order valence-electron chi connectivity index (χ3n) is 6.15. The number of nitrogens with one attached hydrogen (secondary N) is 1. The van der Waals surface area contributed by atoms with Crippen molar-refractivity contribution in [1.82, 2.24) is 15.1 Å². The molecule has 0 bridgehead atoms. The van der Waals surface area contributed by atoms with Gasteiger partial charge in [0.2, 0.25) is 0 Å². The molecule has 0 aromatic heterocycles. The molecule has 1 amide bonds. The number of carbonyl (C=O) groups is 1. The van der Waals surface area contributed by atoms with Crippen LogP contribution >= 0.6 is 0 Å². The Morgan fingerprint density at radius 1 is 1.00 bits per heavy atom. The van der Waals surface area contributed by atoms with E-state index in [9.17, 15) is 4.79 Å². The van der Waals surface area contributed by atoms with Gasteiger partial charge in [-0.25, -0.2) is 4.79 Å². The lowest BCUT2D eigenvalue weighted by atomic mass is 9.93. The Labute approximate surface area is 185 Å². The van der Waals surface area contributed by atoms with Gasteiger partial charge in [-0.05, 0) is 72.5 Å². The number of alkyl carbamates (subject to hydrolysis) is 1. The van der Waals surface area contributed by atoms with E-state index in [4.69, 9.17) is 9.47 Å². The van der Waals surface area contributed by atoms with Crippen molar-refractivity contribution in [2.75, 3.05) is 52.5 Å². The predicted molar refractivity (Wildman–Crippen MR) is 123 cm³/mol. The summed E-state index contributed by atoms with van der Waals surface area (Å²) in [5.41, 5.74) is -0.422. The summed E-state index contributed by atoms with van der Waals surface area (Å²) in [5, 5.41) is 2.86. The van der Waals surface area contributed by atoms with Crippen molar-refractivity contribution in [3.8, 4) is 0 Å². The lowest BCUT2D eigenvalue weighted by Gasteiger charge is -2.35. The Hall–Kier alpha value is -0.850. The van der Waals surface area contributed by atoms with Gasteiger partial charge in [-0.3, -0.25) is 4.90 Å². The van der Waals surface area contributed by atoms with Crippen LogP contribution in [0.5, 0.6) is 0 Å². The normalized spacial score (nSPS) is 19.2. The van der Waals surface area contributed by atoms with Crippen LogP contribution in [0.3, 0.4) is 0 Å². The molecule has 1 heterocycles. The van der Waals surface area contributed by atoms with Crippen LogP contribution in [0.2, 0.25) is 0 Å². The zero-order valence-corrected chi connectivity index (χ0v) is 19.9. The molecule has 0 unspecified atom stereocenters. The van der Waals surface area contributed by atoms with Crippen LogP contribution in [0.15, 0.2) is 0 Å². The highest BCUT2D eigenvalue weighted by Gasteiger charge is 2.21. The van der Waals surface area contributed by atoms with Gasteiger partial charge in [-0.15, -0.1) is 0 Å². The Morgan fingerprint density at radius 2 is 1.67 bits per heavy atom. The molecule has 1 saturated heterocycles. The summed E-state index contributed by atoms with van der Waals surface area (Å²) in [6, 6.07) is 0.803. The zero-order valence-electron chi connectivity index (χ0n) is 19.9. The number of carbonyl (C=O) groups excluding carboxylic acids is 1. The maximum Gasteiger partial charge on any atom is 0.407 e. The average Bonchev–Trinajstić information content (AvgIpc) is 2.72. The summed E-state index contributed by atoms with van der Waals surface area (Å²) in [6.45, 7) is 14.1. The van der Waals surface area contributed by atoms with Crippen LogP contribution in [0.4, 0.5) is 4.79 Å². The second kappa shape index (κ2) is 14.3. The van der Waals surface area contributed by atoms with Crippen LogP contribution in [0.1, 0.15) is 85.0 Å². The van der Waals surface area contributed by atoms with E-state index in [0.717, 1.165) is 38.8 Å². The van der Waals surface area contributed by atoms with E-state index in [-0.39, 0.29) is 6.09 Å². The molecular weight excluding hydrogens is 378 g/mol. The molecule has 6 heteroatoms. The molecule has 176 valence electrons. The second-order valence-electron chi connectivity index (χ2n) is 9.98. The molecule has 1 aliphatic carbocycles. The molecule has 0 atom stereocenters. The molecule has 1 aliphatic heterocycles. The monoisotopic (exact) mass is 425 g/mol. The Bertz CT molecular complexity index is 455. The third kappa shape index (κ3) is 11.5. The minimum Gasteiger partial charge on any atom is -0.444 e. The fourth-order valence-corrected chi connectivity index (χ4v) is 4.54. The fourth-order valence-electron chi connectivity index (χ4n) is 4.54. The zero-order chi connectivity index (χ0) is 21.7. The van der Waals surface area contributed by atoms with E-state index in [1.165, 1.54) is 77.4 Å². The first-order chi connectivity index (χ1) is 14.4. The van der Waals surface area contributed by atoms with Gasteiger partial charge < -0.3 is 19.7 Å². The first-order valence-corrected chi connectivity index (χ1v) is 12.4. The van der Waals surface area contributed by atoms with Crippen LogP contribution < -0.4 is 5.32 Å². The van der Waals surface area contributed by atoms with Crippen LogP contribution in [-0.4, -0.2) is 80.0 Å². The van der Waals surface area contributed by atoms with Crippen molar-refractivity contribution < 1.29 is 14.3 Å². The van der Waals surface area contributed by atoms with Crippen molar-refractivity contribution in [2.24, 2.45) is 0 Å². The van der Waals surface area contributed by atoms with E-state index in [2.05, 4.69) is 15.1 Å². The first kappa shape index (κ1) is 25.4. The van der Waals surface area contributed by atoms with Crippen molar-refractivity contribution in [3.63, 3.8) is 0 Å². The van der Waals surface area contributed by atoms with Gasteiger partial charge in [-0.2, -0.15) is 0 Å².